The first-order valence-electron chi connectivity index (χ1n) is 11.7. The molecule has 1 amide bonds. The Morgan fingerprint density at radius 3 is 2.44 bits per heavy atom. The molecule has 0 unspecified atom stereocenters. The second-order valence-corrected chi connectivity index (χ2v) is 8.79. The van der Waals surface area contributed by atoms with E-state index in [1.807, 2.05) is 71.7 Å². The fourth-order valence-corrected chi connectivity index (χ4v) is 4.73. The number of rotatable bonds is 3. The minimum absolute atomic E-state index is 0.165. The molecule has 1 aliphatic heterocycles. The van der Waals surface area contributed by atoms with Gasteiger partial charge in [-0.05, 0) is 36.8 Å². The van der Waals surface area contributed by atoms with Crippen LogP contribution >= 0.6 is 0 Å². The van der Waals surface area contributed by atoms with Crippen molar-refractivity contribution < 1.29 is 9.36 Å². The highest BCUT2D eigenvalue weighted by Crippen LogP contribution is 2.27. The Morgan fingerprint density at radius 1 is 1.03 bits per heavy atom. The molecule has 178 valence electrons. The Balaban J connectivity index is 1.42. The number of aryl methyl sites for hydroxylation is 2. The van der Waals surface area contributed by atoms with E-state index in [4.69, 9.17) is 4.98 Å². The lowest BCUT2D eigenvalue weighted by molar-refractivity contribution is -0.576. The highest BCUT2D eigenvalue weighted by Gasteiger charge is 2.27. The van der Waals surface area contributed by atoms with Gasteiger partial charge in [-0.2, -0.15) is 14.3 Å². The Morgan fingerprint density at radius 2 is 1.72 bits per heavy atom. The first-order chi connectivity index (χ1) is 17.5. The molecule has 5 heterocycles. The van der Waals surface area contributed by atoms with Gasteiger partial charge in [0.1, 0.15) is 0 Å². The van der Waals surface area contributed by atoms with Crippen molar-refractivity contribution in [1.82, 2.24) is 28.4 Å². The summed E-state index contributed by atoms with van der Waals surface area (Å²) in [5, 5.41) is 0. The van der Waals surface area contributed by atoms with Gasteiger partial charge in [-0.1, -0.05) is 36.4 Å². The first-order valence-corrected chi connectivity index (χ1v) is 11.7. The number of imidazole rings is 2. The highest BCUT2D eigenvalue weighted by atomic mass is 16.2. The lowest BCUT2D eigenvalue weighted by Gasteiger charge is -2.15. The summed E-state index contributed by atoms with van der Waals surface area (Å²) in [5.74, 6) is 0.311. The molecule has 0 bridgehead atoms. The van der Waals surface area contributed by atoms with Crippen molar-refractivity contribution in [3.63, 3.8) is 0 Å². The van der Waals surface area contributed by atoms with E-state index >= 15 is 0 Å². The summed E-state index contributed by atoms with van der Waals surface area (Å²) in [6.07, 6.45) is 12.4. The third-order valence-corrected chi connectivity index (χ3v) is 6.50. The van der Waals surface area contributed by atoms with Crippen LogP contribution < -0.4 is 10.1 Å². The number of hydrogen-bond acceptors (Lipinski definition) is 4. The zero-order valence-electron chi connectivity index (χ0n) is 19.9. The molecule has 4 aromatic heterocycles. The summed E-state index contributed by atoms with van der Waals surface area (Å²) < 4.78 is 6.92. The number of aromatic nitrogens is 6. The standard InChI is InChI=1S/C27H24N7O2/c1-19-22(21-11-15-32(16-12-21)27(36)31-13-7-4-8-14-31)34-25(35)23-24(30(2)26(34)29-19)28-18-33(23)17-20-9-5-3-6-10-20/h3-16,18,21H,17H2,1-2H3/q+1. The van der Waals surface area contributed by atoms with Gasteiger partial charge in [0.15, 0.2) is 11.2 Å². The summed E-state index contributed by atoms with van der Waals surface area (Å²) in [6.45, 7) is 2.44. The molecule has 0 radical (unpaired) electrons. The van der Waals surface area contributed by atoms with Crippen LogP contribution in [0.5, 0.6) is 0 Å². The number of hydrogen-bond donors (Lipinski definition) is 0. The van der Waals surface area contributed by atoms with Crippen LogP contribution in [0.4, 0.5) is 4.79 Å². The third-order valence-electron chi connectivity index (χ3n) is 6.50. The van der Waals surface area contributed by atoms with Crippen molar-refractivity contribution in [2.75, 3.05) is 0 Å². The maximum atomic E-state index is 13.9. The van der Waals surface area contributed by atoms with Crippen LogP contribution in [0.2, 0.25) is 0 Å². The van der Waals surface area contributed by atoms with E-state index in [9.17, 15) is 9.59 Å². The smallest absolute Gasteiger partial charge is 0.320 e. The van der Waals surface area contributed by atoms with E-state index in [0.717, 1.165) is 17.0 Å². The fraction of sp³-hybridized carbons (Fsp3) is 0.148. The molecular formula is C27H24N7O2+. The molecule has 0 N–H and O–H groups in total. The van der Waals surface area contributed by atoms with Gasteiger partial charge < -0.3 is 4.57 Å². The SMILES string of the molecule is Cc1nc2n(C)c3ncn(Cc4ccccc4)c3c(=O)n2c1C1C=CN(C(=O)[n+]2ccccc2)C=C1. The molecule has 0 spiro atoms. The van der Waals surface area contributed by atoms with Crippen LogP contribution in [0.15, 0.2) is 96.6 Å². The van der Waals surface area contributed by atoms with Crippen molar-refractivity contribution in [2.45, 2.75) is 19.4 Å². The van der Waals surface area contributed by atoms with E-state index in [0.29, 0.717) is 23.5 Å². The van der Waals surface area contributed by atoms with Gasteiger partial charge in [-0.25, -0.2) is 14.4 Å². The normalized spacial score (nSPS) is 13.8. The number of pyridine rings is 1. The number of fused-ring (bicyclic) bond motifs is 2. The number of allylic oxidation sites excluding steroid dienone is 2. The number of carbonyl (C=O) groups is 1. The largest absolute Gasteiger partial charge is 0.507 e. The van der Waals surface area contributed by atoms with E-state index < -0.39 is 0 Å². The van der Waals surface area contributed by atoms with Crippen LogP contribution in [0.25, 0.3) is 16.9 Å². The molecule has 36 heavy (non-hydrogen) atoms. The van der Waals surface area contributed by atoms with Gasteiger partial charge in [-0.3, -0.25) is 9.36 Å². The first kappa shape index (κ1) is 21.7. The monoisotopic (exact) mass is 478 g/mol. The predicted octanol–water partition coefficient (Wildman–Crippen LogP) is 3.12. The average Bonchev–Trinajstić information content (AvgIpc) is 3.50. The molecule has 9 heteroatoms. The van der Waals surface area contributed by atoms with Crippen molar-refractivity contribution >= 4 is 23.0 Å². The highest BCUT2D eigenvalue weighted by molar-refractivity contribution is 5.74. The number of carbonyl (C=O) groups excluding carboxylic acids is 1. The van der Waals surface area contributed by atoms with Crippen LogP contribution in [-0.4, -0.2) is 34.4 Å². The predicted molar refractivity (Wildman–Crippen MR) is 134 cm³/mol. The molecule has 0 saturated heterocycles. The maximum absolute atomic E-state index is 13.9. The van der Waals surface area contributed by atoms with Crippen LogP contribution in [0, 0.1) is 6.92 Å². The minimum atomic E-state index is -0.222. The van der Waals surface area contributed by atoms with Gasteiger partial charge in [-0.15, -0.1) is 0 Å². The Bertz CT molecular complexity index is 1710. The Labute approximate surface area is 206 Å². The van der Waals surface area contributed by atoms with Gasteiger partial charge in [0.25, 0.3) is 5.56 Å². The molecule has 6 rings (SSSR count). The van der Waals surface area contributed by atoms with Crippen LogP contribution in [0.3, 0.4) is 0 Å². The Hall–Kier alpha value is -4.79. The molecule has 0 fully saturated rings. The topological polar surface area (TPSA) is 81.3 Å². The second-order valence-electron chi connectivity index (χ2n) is 8.79. The van der Waals surface area contributed by atoms with Crippen molar-refractivity contribution in [1.29, 1.82) is 0 Å². The lowest BCUT2D eigenvalue weighted by Crippen LogP contribution is -2.48. The zero-order chi connectivity index (χ0) is 24.8. The lowest BCUT2D eigenvalue weighted by atomic mass is 10.0. The maximum Gasteiger partial charge on any atom is 0.507 e. The van der Waals surface area contributed by atoms with Crippen molar-refractivity contribution in [2.24, 2.45) is 7.05 Å². The van der Waals surface area contributed by atoms with Crippen molar-refractivity contribution in [3.8, 4) is 0 Å². The molecule has 1 aliphatic rings. The third kappa shape index (κ3) is 3.44. The average molecular weight is 479 g/mol. The molecule has 0 atom stereocenters. The van der Waals surface area contributed by atoms with Crippen molar-refractivity contribution in [3.05, 3.63) is 119 Å². The van der Waals surface area contributed by atoms with Gasteiger partial charge in [0.05, 0.1) is 42.5 Å². The second kappa shape index (κ2) is 8.46. The van der Waals surface area contributed by atoms with Crippen LogP contribution in [0.1, 0.15) is 22.9 Å². The van der Waals surface area contributed by atoms with E-state index in [-0.39, 0.29) is 17.5 Å². The van der Waals surface area contributed by atoms with Crippen LogP contribution in [-0.2, 0) is 13.6 Å². The summed E-state index contributed by atoms with van der Waals surface area (Å²) in [4.78, 5) is 37.4. The summed E-state index contributed by atoms with van der Waals surface area (Å²) in [5.41, 5.74) is 3.55. The molecule has 0 saturated carbocycles. The van der Waals surface area contributed by atoms with Gasteiger partial charge in [0.2, 0.25) is 5.78 Å². The minimum Gasteiger partial charge on any atom is -0.320 e. The summed E-state index contributed by atoms with van der Waals surface area (Å²) in [6, 6.07) is 15.3. The molecule has 9 nitrogen and oxygen atoms in total. The Kier molecular flexibility index (Phi) is 5.10. The molecule has 5 aromatic rings. The number of benzene rings is 1. The quantitative estimate of drug-likeness (QED) is 0.373. The molecule has 0 aliphatic carbocycles. The zero-order valence-corrected chi connectivity index (χ0v) is 19.9. The summed E-state index contributed by atoms with van der Waals surface area (Å²) in [7, 11) is 1.87. The number of nitrogens with zero attached hydrogens (tertiary/aromatic N) is 7. The van der Waals surface area contributed by atoms with E-state index in [1.54, 1.807) is 47.7 Å². The van der Waals surface area contributed by atoms with E-state index in [1.165, 1.54) is 9.47 Å². The fourth-order valence-electron chi connectivity index (χ4n) is 4.73. The summed E-state index contributed by atoms with van der Waals surface area (Å²) >= 11 is 0. The van der Waals surface area contributed by atoms with E-state index in [2.05, 4.69) is 4.98 Å². The molecular weight excluding hydrogens is 454 g/mol. The van der Waals surface area contributed by atoms with Gasteiger partial charge >= 0.3 is 6.03 Å². The number of amides is 1. The van der Waals surface area contributed by atoms with Gasteiger partial charge in [0, 0.05) is 19.5 Å². The molecule has 1 aromatic carbocycles.